The number of alkyl carbamates (subject to hydrolysis) is 1. The second-order valence-corrected chi connectivity index (χ2v) is 5.50. The Morgan fingerprint density at radius 1 is 1.44 bits per heavy atom. The maximum absolute atomic E-state index is 11.5. The molecular formula is C12H23NO3. The Morgan fingerprint density at radius 2 is 2.06 bits per heavy atom. The number of rotatable bonds is 2. The van der Waals surface area contributed by atoms with E-state index in [1.807, 2.05) is 27.7 Å². The summed E-state index contributed by atoms with van der Waals surface area (Å²) < 4.78 is 10.9. The molecule has 0 radical (unpaired) electrons. The molecule has 1 N–H and O–H groups in total. The van der Waals surface area contributed by atoms with Gasteiger partial charge in [-0.1, -0.05) is 0 Å². The van der Waals surface area contributed by atoms with Gasteiger partial charge in [0.25, 0.3) is 0 Å². The van der Waals surface area contributed by atoms with Crippen LogP contribution in [0.5, 0.6) is 0 Å². The smallest absolute Gasteiger partial charge is 0.407 e. The standard InChI is InChI=1S/C12H23NO3/c1-8-6-7-10(15-8)9(2)13-11(14)16-12(3,4)5/h8-10H,6-7H2,1-5H3,(H,13,14). The Bertz CT molecular complexity index is 247. The van der Waals surface area contributed by atoms with Crippen molar-refractivity contribution in [2.75, 3.05) is 0 Å². The topological polar surface area (TPSA) is 47.6 Å². The molecule has 4 heteroatoms. The van der Waals surface area contributed by atoms with Crippen LogP contribution < -0.4 is 5.32 Å². The second-order valence-electron chi connectivity index (χ2n) is 5.50. The molecule has 0 aromatic carbocycles. The molecule has 0 aromatic rings. The summed E-state index contributed by atoms with van der Waals surface area (Å²) in [5.41, 5.74) is -0.451. The summed E-state index contributed by atoms with van der Waals surface area (Å²) in [7, 11) is 0. The fraction of sp³-hybridized carbons (Fsp3) is 0.917. The molecule has 1 saturated heterocycles. The lowest BCUT2D eigenvalue weighted by molar-refractivity contribution is 0.0218. The molecule has 0 spiro atoms. The highest BCUT2D eigenvalue weighted by Gasteiger charge is 2.28. The molecule has 1 rings (SSSR count). The van der Waals surface area contributed by atoms with Crippen molar-refractivity contribution in [3.05, 3.63) is 0 Å². The third-order valence-corrected chi connectivity index (χ3v) is 2.57. The molecule has 0 aromatic heterocycles. The summed E-state index contributed by atoms with van der Waals surface area (Å²) in [5, 5.41) is 2.81. The maximum Gasteiger partial charge on any atom is 0.407 e. The molecule has 0 aliphatic carbocycles. The summed E-state index contributed by atoms with van der Waals surface area (Å²) in [6, 6.07) is -0.000185. The molecule has 1 aliphatic rings. The van der Waals surface area contributed by atoms with Crippen LogP contribution in [0.4, 0.5) is 4.79 Å². The molecule has 1 amide bonds. The number of hydrogen-bond acceptors (Lipinski definition) is 3. The fourth-order valence-corrected chi connectivity index (χ4v) is 1.79. The second kappa shape index (κ2) is 5.04. The quantitative estimate of drug-likeness (QED) is 0.791. The molecule has 4 nitrogen and oxygen atoms in total. The van der Waals surface area contributed by atoms with Crippen LogP contribution in [-0.4, -0.2) is 29.9 Å². The van der Waals surface area contributed by atoms with Crippen molar-refractivity contribution in [1.29, 1.82) is 0 Å². The van der Waals surface area contributed by atoms with E-state index >= 15 is 0 Å². The van der Waals surface area contributed by atoms with Gasteiger partial charge in [-0.2, -0.15) is 0 Å². The first kappa shape index (κ1) is 13.3. The molecule has 16 heavy (non-hydrogen) atoms. The van der Waals surface area contributed by atoms with Crippen molar-refractivity contribution in [1.82, 2.24) is 5.32 Å². The van der Waals surface area contributed by atoms with Crippen LogP contribution in [0.25, 0.3) is 0 Å². The van der Waals surface area contributed by atoms with E-state index in [0.29, 0.717) is 6.10 Å². The minimum absolute atomic E-state index is 0.000185. The number of amides is 1. The SMILES string of the molecule is CC1CCC(C(C)NC(=O)OC(C)(C)C)O1. The number of ether oxygens (including phenoxy) is 2. The molecule has 3 atom stereocenters. The van der Waals surface area contributed by atoms with Crippen molar-refractivity contribution in [3.8, 4) is 0 Å². The van der Waals surface area contributed by atoms with Gasteiger partial charge in [0.05, 0.1) is 18.2 Å². The van der Waals surface area contributed by atoms with Crippen LogP contribution in [0.15, 0.2) is 0 Å². The largest absolute Gasteiger partial charge is 0.444 e. The number of hydrogen-bond donors (Lipinski definition) is 1. The minimum atomic E-state index is -0.451. The molecule has 1 aliphatic heterocycles. The Hall–Kier alpha value is -0.770. The predicted octanol–water partition coefficient (Wildman–Crippen LogP) is 2.47. The van der Waals surface area contributed by atoms with Crippen LogP contribution in [0.2, 0.25) is 0 Å². The van der Waals surface area contributed by atoms with E-state index in [9.17, 15) is 4.79 Å². The Morgan fingerprint density at radius 3 is 2.50 bits per heavy atom. The molecule has 3 unspecified atom stereocenters. The summed E-state index contributed by atoms with van der Waals surface area (Å²) in [6.45, 7) is 9.56. The van der Waals surface area contributed by atoms with E-state index in [4.69, 9.17) is 9.47 Å². The predicted molar refractivity (Wildman–Crippen MR) is 62.4 cm³/mol. The van der Waals surface area contributed by atoms with Gasteiger partial charge in [-0.25, -0.2) is 4.79 Å². The van der Waals surface area contributed by atoms with Gasteiger partial charge in [0, 0.05) is 0 Å². The minimum Gasteiger partial charge on any atom is -0.444 e. The van der Waals surface area contributed by atoms with Gasteiger partial charge < -0.3 is 14.8 Å². The average Bonchev–Trinajstić information content (AvgIpc) is 2.47. The molecule has 0 saturated carbocycles. The van der Waals surface area contributed by atoms with E-state index < -0.39 is 5.60 Å². The van der Waals surface area contributed by atoms with Gasteiger partial charge in [-0.3, -0.25) is 0 Å². The first-order valence-corrected chi connectivity index (χ1v) is 5.93. The van der Waals surface area contributed by atoms with E-state index in [1.165, 1.54) is 0 Å². The molecule has 1 fully saturated rings. The fourth-order valence-electron chi connectivity index (χ4n) is 1.79. The van der Waals surface area contributed by atoms with Crippen molar-refractivity contribution < 1.29 is 14.3 Å². The normalized spacial score (nSPS) is 27.6. The molecule has 0 bridgehead atoms. The maximum atomic E-state index is 11.5. The van der Waals surface area contributed by atoms with Crippen molar-refractivity contribution in [3.63, 3.8) is 0 Å². The van der Waals surface area contributed by atoms with Crippen LogP contribution in [0, 0.1) is 0 Å². The van der Waals surface area contributed by atoms with E-state index in [0.717, 1.165) is 12.8 Å². The van der Waals surface area contributed by atoms with Crippen LogP contribution >= 0.6 is 0 Å². The zero-order valence-corrected chi connectivity index (χ0v) is 10.9. The molecular weight excluding hydrogens is 206 g/mol. The lowest BCUT2D eigenvalue weighted by Crippen LogP contribution is -2.43. The van der Waals surface area contributed by atoms with Gasteiger partial charge in [-0.15, -0.1) is 0 Å². The van der Waals surface area contributed by atoms with Crippen LogP contribution in [0.1, 0.15) is 47.5 Å². The zero-order chi connectivity index (χ0) is 12.3. The Kier molecular flexibility index (Phi) is 4.19. The van der Waals surface area contributed by atoms with Gasteiger partial charge in [0.15, 0.2) is 0 Å². The van der Waals surface area contributed by atoms with Crippen molar-refractivity contribution in [2.24, 2.45) is 0 Å². The van der Waals surface area contributed by atoms with Gasteiger partial charge in [0.1, 0.15) is 5.60 Å². The van der Waals surface area contributed by atoms with E-state index in [-0.39, 0.29) is 18.2 Å². The van der Waals surface area contributed by atoms with Gasteiger partial charge in [0.2, 0.25) is 0 Å². The summed E-state index contributed by atoms with van der Waals surface area (Å²) in [5.74, 6) is 0. The third kappa shape index (κ3) is 4.39. The summed E-state index contributed by atoms with van der Waals surface area (Å²) >= 11 is 0. The highest BCUT2D eigenvalue weighted by Crippen LogP contribution is 2.21. The molecule has 94 valence electrons. The highest BCUT2D eigenvalue weighted by molar-refractivity contribution is 5.68. The third-order valence-electron chi connectivity index (χ3n) is 2.57. The van der Waals surface area contributed by atoms with Gasteiger partial charge >= 0.3 is 6.09 Å². The van der Waals surface area contributed by atoms with Crippen molar-refractivity contribution >= 4 is 6.09 Å². The van der Waals surface area contributed by atoms with E-state index in [2.05, 4.69) is 12.2 Å². The number of carbonyl (C=O) groups excluding carboxylic acids is 1. The monoisotopic (exact) mass is 229 g/mol. The van der Waals surface area contributed by atoms with Crippen LogP contribution in [0.3, 0.4) is 0 Å². The Labute approximate surface area is 97.7 Å². The van der Waals surface area contributed by atoms with Crippen LogP contribution in [-0.2, 0) is 9.47 Å². The number of nitrogens with one attached hydrogen (secondary N) is 1. The Balaban J connectivity index is 2.34. The van der Waals surface area contributed by atoms with E-state index in [1.54, 1.807) is 0 Å². The highest BCUT2D eigenvalue weighted by atomic mass is 16.6. The zero-order valence-electron chi connectivity index (χ0n) is 10.9. The lowest BCUT2D eigenvalue weighted by Gasteiger charge is -2.24. The van der Waals surface area contributed by atoms with Crippen molar-refractivity contribution in [2.45, 2.75) is 71.3 Å². The van der Waals surface area contributed by atoms with Gasteiger partial charge in [-0.05, 0) is 47.5 Å². The number of carbonyl (C=O) groups is 1. The lowest BCUT2D eigenvalue weighted by atomic mass is 10.1. The average molecular weight is 229 g/mol. The first-order chi connectivity index (χ1) is 7.28. The summed E-state index contributed by atoms with van der Waals surface area (Å²) in [6.07, 6.45) is 2.10. The summed E-state index contributed by atoms with van der Waals surface area (Å²) in [4.78, 5) is 11.5. The first-order valence-electron chi connectivity index (χ1n) is 5.93. The molecule has 1 heterocycles.